The van der Waals surface area contributed by atoms with Crippen molar-refractivity contribution in [3.63, 3.8) is 0 Å². The summed E-state index contributed by atoms with van der Waals surface area (Å²) < 4.78 is 4.61. The van der Waals surface area contributed by atoms with E-state index < -0.39 is 22.8 Å². The Kier molecular flexibility index (Phi) is 5.60. The van der Waals surface area contributed by atoms with Crippen molar-refractivity contribution >= 4 is 35.8 Å². The molecule has 0 saturated carbocycles. The van der Waals surface area contributed by atoms with Crippen LogP contribution in [-0.2, 0) is 19.1 Å². The number of ether oxygens (including phenoxy) is 1. The third-order valence-corrected chi connectivity index (χ3v) is 6.64. The van der Waals surface area contributed by atoms with E-state index >= 15 is 0 Å². The average Bonchev–Trinajstić information content (AvgIpc) is 2.73. The van der Waals surface area contributed by atoms with Gasteiger partial charge in [-0.05, 0) is 33.6 Å². The fourth-order valence-corrected chi connectivity index (χ4v) is 5.36. The quantitative estimate of drug-likeness (QED) is 0.310. The SMILES string of the molecule is CC(=O)COC(=O)C1N2C(=O)[C@@H](N=CN3CCCCCC3)C2SC1(C)C. The largest absolute Gasteiger partial charge is 0.456 e. The summed E-state index contributed by atoms with van der Waals surface area (Å²) in [6.07, 6.45) is 6.63. The summed E-state index contributed by atoms with van der Waals surface area (Å²) in [5.74, 6) is -0.861. The van der Waals surface area contributed by atoms with Crippen LogP contribution in [0.5, 0.6) is 0 Å². The maximum Gasteiger partial charge on any atom is 0.330 e. The average molecular weight is 381 g/mol. The zero-order chi connectivity index (χ0) is 18.9. The first-order valence-electron chi connectivity index (χ1n) is 9.24. The third-order valence-electron chi connectivity index (χ3n) is 5.09. The first kappa shape index (κ1) is 19.2. The highest BCUT2D eigenvalue weighted by molar-refractivity contribution is 8.01. The minimum absolute atomic E-state index is 0.135. The fraction of sp³-hybridized carbons (Fsp3) is 0.778. The number of fused-ring (bicyclic) bond motifs is 1. The molecule has 0 spiro atoms. The molecule has 1 amide bonds. The van der Waals surface area contributed by atoms with Gasteiger partial charge in [-0.2, -0.15) is 0 Å². The van der Waals surface area contributed by atoms with Gasteiger partial charge in [-0.15, -0.1) is 11.8 Å². The molecule has 0 aromatic carbocycles. The van der Waals surface area contributed by atoms with Crippen LogP contribution >= 0.6 is 11.8 Å². The van der Waals surface area contributed by atoms with Gasteiger partial charge < -0.3 is 14.5 Å². The molecule has 0 N–H and O–H groups in total. The van der Waals surface area contributed by atoms with Gasteiger partial charge in [0, 0.05) is 17.8 Å². The number of carbonyl (C=O) groups is 3. The van der Waals surface area contributed by atoms with E-state index in [0.717, 1.165) is 25.9 Å². The third kappa shape index (κ3) is 3.75. The van der Waals surface area contributed by atoms with E-state index in [2.05, 4.69) is 9.89 Å². The molecule has 7 nitrogen and oxygen atoms in total. The van der Waals surface area contributed by atoms with Crippen molar-refractivity contribution in [2.75, 3.05) is 19.7 Å². The van der Waals surface area contributed by atoms with Crippen LogP contribution in [0.3, 0.4) is 0 Å². The molecule has 3 aliphatic rings. The predicted molar refractivity (Wildman–Crippen MR) is 100 cm³/mol. The minimum atomic E-state index is -0.672. The lowest BCUT2D eigenvalue weighted by Crippen LogP contribution is -2.65. The number of rotatable bonds is 5. The smallest absolute Gasteiger partial charge is 0.330 e. The molecule has 0 bridgehead atoms. The summed E-state index contributed by atoms with van der Waals surface area (Å²) in [6, 6.07) is -1.11. The topological polar surface area (TPSA) is 79.3 Å². The van der Waals surface area contributed by atoms with Gasteiger partial charge in [0.1, 0.15) is 18.0 Å². The van der Waals surface area contributed by atoms with E-state index in [1.807, 2.05) is 20.2 Å². The number of nitrogens with zero attached hydrogens (tertiary/aromatic N) is 3. The lowest BCUT2D eigenvalue weighted by Gasteiger charge is -2.41. The van der Waals surface area contributed by atoms with E-state index in [-0.39, 0.29) is 23.7 Å². The Balaban J connectivity index is 1.65. The number of hydrogen-bond acceptors (Lipinski definition) is 6. The van der Waals surface area contributed by atoms with Crippen LogP contribution in [0.15, 0.2) is 4.99 Å². The number of thioether (sulfide) groups is 1. The number of hydrogen-bond donors (Lipinski definition) is 0. The number of β-lactam (4-membered cyclic amide) rings is 1. The van der Waals surface area contributed by atoms with Crippen molar-refractivity contribution in [1.82, 2.24) is 9.80 Å². The van der Waals surface area contributed by atoms with Crippen LogP contribution in [-0.4, -0.2) is 75.7 Å². The molecule has 3 saturated heterocycles. The van der Waals surface area contributed by atoms with Crippen LogP contribution in [0.25, 0.3) is 0 Å². The lowest BCUT2D eigenvalue weighted by atomic mass is 9.96. The van der Waals surface area contributed by atoms with Crippen LogP contribution in [0.2, 0.25) is 0 Å². The highest BCUT2D eigenvalue weighted by atomic mass is 32.2. The highest BCUT2D eigenvalue weighted by Crippen LogP contribution is 2.51. The number of ketones is 1. The number of carbonyl (C=O) groups excluding carboxylic acids is 3. The Morgan fingerprint density at radius 3 is 2.54 bits per heavy atom. The summed E-state index contributed by atoms with van der Waals surface area (Å²) in [5, 5.41) is -0.143. The molecule has 3 heterocycles. The van der Waals surface area contributed by atoms with E-state index in [1.165, 1.54) is 19.8 Å². The summed E-state index contributed by atoms with van der Waals surface area (Å²) in [7, 11) is 0. The Bertz CT molecular complexity index is 614. The molecule has 144 valence electrons. The molecular weight excluding hydrogens is 354 g/mol. The van der Waals surface area contributed by atoms with E-state index in [9.17, 15) is 14.4 Å². The molecule has 3 atom stereocenters. The molecule has 0 aromatic rings. The van der Waals surface area contributed by atoms with Gasteiger partial charge >= 0.3 is 5.97 Å². The van der Waals surface area contributed by atoms with Crippen LogP contribution < -0.4 is 0 Å². The van der Waals surface area contributed by atoms with Gasteiger partial charge in [-0.1, -0.05) is 12.8 Å². The Hall–Kier alpha value is -1.57. The van der Waals surface area contributed by atoms with E-state index in [0.29, 0.717) is 0 Å². The molecule has 0 radical (unpaired) electrons. The monoisotopic (exact) mass is 381 g/mol. The zero-order valence-corrected chi connectivity index (χ0v) is 16.5. The van der Waals surface area contributed by atoms with Crippen molar-refractivity contribution in [2.45, 2.75) is 68.7 Å². The lowest BCUT2D eigenvalue weighted by molar-refractivity contribution is -0.163. The first-order valence-corrected chi connectivity index (χ1v) is 10.1. The first-order chi connectivity index (χ1) is 12.3. The Morgan fingerprint density at radius 1 is 1.27 bits per heavy atom. The molecule has 3 aliphatic heterocycles. The highest BCUT2D eigenvalue weighted by Gasteiger charge is 2.64. The summed E-state index contributed by atoms with van der Waals surface area (Å²) >= 11 is 1.58. The van der Waals surface area contributed by atoms with Crippen molar-refractivity contribution in [2.24, 2.45) is 4.99 Å². The Labute approximate surface area is 158 Å². The van der Waals surface area contributed by atoms with E-state index in [1.54, 1.807) is 16.7 Å². The number of aliphatic imine (C=N–C) groups is 1. The second-order valence-electron chi connectivity index (χ2n) is 7.73. The summed E-state index contributed by atoms with van der Waals surface area (Å²) in [6.45, 7) is 6.94. The molecule has 26 heavy (non-hydrogen) atoms. The number of likely N-dealkylation sites (tertiary alicyclic amines) is 1. The summed E-state index contributed by atoms with van der Waals surface area (Å²) in [4.78, 5) is 44.4. The second kappa shape index (κ2) is 7.58. The van der Waals surface area contributed by atoms with Crippen molar-refractivity contribution in [3.05, 3.63) is 0 Å². The van der Waals surface area contributed by atoms with Gasteiger partial charge in [-0.25, -0.2) is 4.79 Å². The zero-order valence-electron chi connectivity index (χ0n) is 15.6. The van der Waals surface area contributed by atoms with Crippen LogP contribution in [0.1, 0.15) is 46.5 Å². The number of esters is 1. The minimum Gasteiger partial charge on any atom is -0.456 e. The fourth-order valence-electron chi connectivity index (χ4n) is 3.74. The molecule has 0 aliphatic carbocycles. The molecule has 0 aromatic heterocycles. The maximum absolute atomic E-state index is 12.6. The predicted octanol–water partition coefficient (Wildman–Crippen LogP) is 1.45. The van der Waals surface area contributed by atoms with Gasteiger partial charge in [0.05, 0.1) is 6.34 Å². The van der Waals surface area contributed by atoms with Gasteiger partial charge in [0.25, 0.3) is 5.91 Å². The molecule has 2 unspecified atom stereocenters. The van der Waals surface area contributed by atoms with Crippen molar-refractivity contribution < 1.29 is 19.1 Å². The van der Waals surface area contributed by atoms with Crippen LogP contribution in [0, 0.1) is 0 Å². The molecule has 3 rings (SSSR count). The van der Waals surface area contributed by atoms with Gasteiger partial charge in [0.15, 0.2) is 11.8 Å². The summed E-state index contributed by atoms with van der Waals surface area (Å²) in [5.41, 5.74) is 0. The van der Waals surface area contributed by atoms with E-state index in [4.69, 9.17) is 4.74 Å². The van der Waals surface area contributed by atoms with Gasteiger partial charge in [-0.3, -0.25) is 14.6 Å². The second-order valence-corrected chi connectivity index (χ2v) is 9.50. The number of Topliss-reactive ketones (excluding diaryl/α,β-unsaturated/α-hetero) is 1. The molecule has 3 fully saturated rings. The number of amides is 1. The maximum atomic E-state index is 12.6. The van der Waals surface area contributed by atoms with Crippen molar-refractivity contribution in [3.8, 4) is 0 Å². The molecular formula is C18H27N3O4S. The van der Waals surface area contributed by atoms with Crippen LogP contribution in [0.4, 0.5) is 0 Å². The standard InChI is InChI=1S/C18H27N3O4S/c1-12(22)10-25-17(24)14-18(2,3)26-16-13(15(23)21(14)16)19-11-20-8-6-4-5-7-9-20/h11,13-14,16H,4-10H2,1-3H3/t13-,14?,16?/m1/s1. The Morgan fingerprint density at radius 2 is 1.92 bits per heavy atom. The molecule has 8 heteroatoms. The normalized spacial score (nSPS) is 30.7. The van der Waals surface area contributed by atoms with Crippen molar-refractivity contribution in [1.29, 1.82) is 0 Å². The van der Waals surface area contributed by atoms with Gasteiger partial charge in [0.2, 0.25) is 0 Å².